The summed E-state index contributed by atoms with van der Waals surface area (Å²) < 4.78 is 7.09. The standard InChI is InChI=1S/C31H21N3O4/c35-28(25-19-32-26-18-10-9-15-22(25)26)29(20-11-3-1-4-12-20)38-31(37)27-23-16-7-8-17-24(23)30(36)34(33-27)21-13-5-2-6-14-21/h1-19,29,32H/t29-/m0/s1. The molecule has 0 saturated heterocycles. The Labute approximate surface area is 216 Å². The molecule has 38 heavy (non-hydrogen) atoms. The molecule has 184 valence electrons. The molecule has 0 aliphatic heterocycles. The van der Waals surface area contributed by atoms with Crippen molar-refractivity contribution in [1.29, 1.82) is 0 Å². The number of aromatic amines is 1. The van der Waals surface area contributed by atoms with Crippen molar-refractivity contribution in [1.82, 2.24) is 14.8 Å². The molecule has 0 aliphatic carbocycles. The lowest BCUT2D eigenvalue weighted by atomic mass is 9.99. The topological polar surface area (TPSA) is 94.1 Å². The van der Waals surface area contributed by atoms with Gasteiger partial charge in [0, 0.05) is 33.6 Å². The fraction of sp³-hybridized carbons (Fsp3) is 0.0323. The van der Waals surface area contributed by atoms with Crippen LogP contribution >= 0.6 is 0 Å². The summed E-state index contributed by atoms with van der Waals surface area (Å²) in [4.78, 5) is 43.9. The van der Waals surface area contributed by atoms with Crippen LogP contribution in [0.2, 0.25) is 0 Å². The highest BCUT2D eigenvalue weighted by atomic mass is 16.5. The summed E-state index contributed by atoms with van der Waals surface area (Å²) in [6.07, 6.45) is 0.403. The molecule has 0 unspecified atom stereocenters. The molecule has 0 amide bonds. The molecule has 6 rings (SSSR count). The molecule has 0 bridgehead atoms. The minimum Gasteiger partial charge on any atom is -0.444 e. The zero-order valence-electron chi connectivity index (χ0n) is 20.1. The van der Waals surface area contributed by atoms with Gasteiger partial charge in [-0.05, 0) is 24.3 Å². The normalized spacial score (nSPS) is 11.9. The van der Waals surface area contributed by atoms with Crippen molar-refractivity contribution in [3.8, 4) is 5.69 Å². The van der Waals surface area contributed by atoms with Crippen LogP contribution in [0.1, 0.15) is 32.5 Å². The number of hydrogen-bond acceptors (Lipinski definition) is 5. The Bertz CT molecular complexity index is 1860. The lowest BCUT2D eigenvalue weighted by molar-refractivity contribution is 0.0275. The van der Waals surface area contributed by atoms with Crippen LogP contribution in [0.3, 0.4) is 0 Å². The second-order valence-corrected chi connectivity index (χ2v) is 8.75. The van der Waals surface area contributed by atoms with Crippen LogP contribution in [-0.4, -0.2) is 26.5 Å². The molecule has 7 heteroatoms. The Morgan fingerprint density at radius 3 is 2.08 bits per heavy atom. The maximum atomic E-state index is 13.8. The molecule has 0 aliphatic rings. The summed E-state index contributed by atoms with van der Waals surface area (Å²) in [5.74, 6) is -1.18. The lowest BCUT2D eigenvalue weighted by Crippen LogP contribution is -2.27. The van der Waals surface area contributed by atoms with Gasteiger partial charge in [0.05, 0.1) is 11.1 Å². The van der Waals surface area contributed by atoms with Crippen LogP contribution in [0.25, 0.3) is 27.4 Å². The van der Waals surface area contributed by atoms with Crippen molar-refractivity contribution in [2.45, 2.75) is 6.10 Å². The molecule has 1 N–H and O–H groups in total. The second kappa shape index (κ2) is 9.63. The molecule has 0 fully saturated rings. The molecular formula is C31H21N3O4. The largest absolute Gasteiger partial charge is 0.444 e. The molecule has 0 radical (unpaired) electrons. The Hall–Kier alpha value is -5.30. The third-order valence-electron chi connectivity index (χ3n) is 6.42. The summed E-state index contributed by atoms with van der Waals surface area (Å²) in [5, 5.41) is 5.80. The number of rotatable bonds is 6. The zero-order chi connectivity index (χ0) is 26.1. The van der Waals surface area contributed by atoms with Gasteiger partial charge in [-0.3, -0.25) is 9.59 Å². The van der Waals surface area contributed by atoms with Crippen LogP contribution in [0, 0.1) is 0 Å². The van der Waals surface area contributed by atoms with Crippen LogP contribution < -0.4 is 5.56 Å². The van der Waals surface area contributed by atoms with Crippen LogP contribution in [0.15, 0.2) is 120 Å². The summed E-state index contributed by atoms with van der Waals surface area (Å²) in [6.45, 7) is 0. The first-order valence-corrected chi connectivity index (χ1v) is 12.1. The predicted octanol–water partition coefficient (Wildman–Crippen LogP) is 5.65. The average Bonchev–Trinajstić information content (AvgIpc) is 3.41. The minimum absolute atomic E-state index is 0.0586. The quantitative estimate of drug-likeness (QED) is 0.236. The van der Waals surface area contributed by atoms with Gasteiger partial charge >= 0.3 is 5.97 Å². The highest BCUT2D eigenvalue weighted by molar-refractivity contribution is 6.11. The summed E-state index contributed by atoms with van der Waals surface area (Å²) in [7, 11) is 0. The molecule has 0 saturated carbocycles. The van der Waals surface area contributed by atoms with E-state index < -0.39 is 12.1 Å². The Morgan fingerprint density at radius 2 is 1.34 bits per heavy atom. The van der Waals surface area contributed by atoms with Gasteiger partial charge in [-0.1, -0.05) is 84.9 Å². The maximum absolute atomic E-state index is 13.8. The van der Waals surface area contributed by atoms with Crippen molar-refractivity contribution >= 4 is 33.4 Å². The van der Waals surface area contributed by atoms with Crippen molar-refractivity contribution in [2.75, 3.05) is 0 Å². The highest BCUT2D eigenvalue weighted by Gasteiger charge is 2.30. The first kappa shape index (κ1) is 23.1. The Morgan fingerprint density at radius 1 is 0.737 bits per heavy atom. The van der Waals surface area contributed by atoms with Gasteiger partial charge in [0.15, 0.2) is 11.8 Å². The van der Waals surface area contributed by atoms with Crippen LogP contribution in [0.4, 0.5) is 0 Å². The minimum atomic E-state index is -1.22. The number of hydrogen-bond donors (Lipinski definition) is 1. The number of esters is 1. The number of ether oxygens (including phenoxy) is 1. The van der Waals surface area contributed by atoms with Gasteiger partial charge < -0.3 is 9.72 Å². The number of benzene rings is 4. The van der Waals surface area contributed by atoms with E-state index in [1.807, 2.05) is 36.4 Å². The maximum Gasteiger partial charge on any atom is 0.360 e. The Balaban J connectivity index is 1.46. The molecule has 1 atom stereocenters. The van der Waals surface area contributed by atoms with Crippen molar-refractivity contribution in [3.05, 3.63) is 143 Å². The smallest absolute Gasteiger partial charge is 0.360 e. The fourth-order valence-electron chi connectivity index (χ4n) is 4.56. The van der Waals surface area contributed by atoms with E-state index in [9.17, 15) is 14.4 Å². The van der Waals surface area contributed by atoms with Gasteiger partial charge in [-0.2, -0.15) is 9.78 Å². The third-order valence-corrected chi connectivity index (χ3v) is 6.42. The Kier molecular flexibility index (Phi) is 5.86. The predicted molar refractivity (Wildman–Crippen MR) is 145 cm³/mol. The van der Waals surface area contributed by atoms with E-state index in [1.165, 1.54) is 4.68 Å². The number of aromatic nitrogens is 3. The third kappa shape index (κ3) is 4.06. The van der Waals surface area contributed by atoms with Gasteiger partial charge in [0.25, 0.3) is 5.56 Å². The number of nitrogens with zero attached hydrogens (tertiary/aromatic N) is 2. The van der Waals surface area contributed by atoms with E-state index in [1.54, 1.807) is 79.0 Å². The van der Waals surface area contributed by atoms with Crippen LogP contribution in [-0.2, 0) is 4.74 Å². The number of carbonyl (C=O) groups excluding carboxylic acids is 2. The molecule has 7 nitrogen and oxygen atoms in total. The number of para-hydroxylation sites is 2. The van der Waals surface area contributed by atoms with Crippen molar-refractivity contribution < 1.29 is 14.3 Å². The van der Waals surface area contributed by atoms with Gasteiger partial charge in [0.2, 0.25) is 5.78 Å². The summed E-state index contributed by atoms with van der Waals surface area (Å²) >= 11 is 0. The van der Waals surface area contributed by atoms with Gasteiger partial charge in [0.1, 0.15) is 0 Å². The molecule has 6 aromatic rings. The van der Waals surface area contributed by atoms with Crippen LogP contribution in [0.5, 0.6) is 0 Å². The molecule has 4 aromatic carbocycles. The van der Waals surface area contributed by atoms with Crippen molar-refractivity contribution in [2.24, 2.45) is 0 Å². The van der Waals surface area contributed by atoms with E-state index in [-0.39, 0.29) is 17.0 Å². The van der Waals surface area contributed by atoms with E-state index >= 15 is 0 Å². The van der Waals surface area contributed by atoms with E-state index in [2.05, 4.69) is 10.1 Å². The summed E-state index contributed by atoms with van der Waals surface area (Å²) in [5.41, 5.74) is 1.82. The molecule has 0 spiro atoms. The fourth-order valence-corrected chi connectivity index (χ4v) is 4.56. The van der Waals surface area contributed by atoms with E-state index in [4.69, 9.17) is 4.74 Å². The average molecular weight is 500 g/mol. The zero-order valence-corrected chi connectivity index (χ0v) is 20.1. The first-order chi connectivity index (χ1) is 18.6. The summed E-state index contributed by atoms with van der Waals surface area (Å²) in [6, 6.07) is 31.9. The lowest BCUT2D eigenvalue weighted by Gasteiger charge is -2.18. The first-order valence-electron chi connectivity index (χ1n) is 12.1. The highest BCUT2D eigenvalue weighted by Crippen LogP contribution is 2.28. The number of ketones is 1. The second-order valence-electron chi connectivity index (χ2n) is 8.75. The molecular weight excluding hydrogens is 478 g/mol. The molecule has 2 heterocycles. The number of H-pyrrole nitrogens is 1. The van der Waals surface area contributed by atoms with E-state index in [0.717, 1.165) is 10.9 Å². The van der Waals surface area contributed by atoms with Gasteiger partial charge in [-0.15, -0.1) is 0 Å². The number of Topliss-reactive ketones (excluding diaryl/α,β-unsaturated/α-hetero) is 1. The van der Waals surface area contributed by atoms with E-state index in [0.29, 0.717) is 27.6 Å². The van der Waals surface area contributed by atoms with Gasteiger partial charge in [-0.25, -0.2) is 4.79 Å². The number of fused-ring (bicyclic) bond motifs is 2. The number of nitrogens with one attached hydrogen (secondary N) is 1. The number of carbonyl (C=O) groups is 2. The monoisotopic (exact) mass is 499 g/mol. The molecule has 2 aromatic heterocycles. The van der Waals surface area contributed by atoms with Crippen molar-refractivity contribution in [3.63, 3.8) is 0 Å². The SMILES string of the molecule is O=C(O[C@H](C(=O)c1c[nH]c2ccccc12)c1ccccc1)c1nn(-c2ccccc2)c(=O)c2ccccc12.